The summed E-state index contributed by atoms with van der Waals surface area (Å²) in [6.07, 6.45) is -0.0693. The zero-order valence-electron chi connectivity index (χ0n) is 10.1. The number of pyridine rings is 1. The number of aromatic nitrogens is 1. The molecule has 2 unspecified atom stereocenters. The zero-order chi connectivity index (χ0) is 13.0. The van der Waals surface area contributed by atoms with Crippen molar-refractivity contribution in [2.75, 3.05) is 0 Å². The van der Waals surface area contributed by atoms with Crippen molar-refractivity contribution in [1.29, 1.82) is 0 Å². The van der Waals surface area contributed by atoms with Crippen LogP contribution in [0, 0.1) is 5.92 Å². The molecule has 1 heterocycles. The van der Waals surface area contributed by atoms with Crippen LogP contribution < -0.4 is 5.32 Å². The van der Waals surface area contributed by atoms with Crippen LogP contribution in [-0.2, 0) is 6.54 Å². The van der Waals surface area contributed by atoms with Gasteiger partial charge in [-0.05, 0) is 25.0 Å². The summed E-state index contributed by atoms with van der Waals surface area (Å²) < 4.78 is 38.6. The molecule has 0 aliphatic heterocycles. The number of rotatable bonds is 3. The summed E-state index contributed by atoms with van der Waals surface area (Å²) in [4.78, 5) is 4.11. The molecule has 2 atom stereocenters. The average molecular weight is 258 g/mol. The molecule has 0 radical (unpaired) electrons. The number of nitrogens with one attached hydrogen (secondary N) is 1. The summed E-state index contributed by atoms with van der Waals surface area (Å²) in [5.41, 5.74) is 0.781. The van der Waals surface area contributed by atoms with Crippen molar-refractivity contribution in [3.8, 4) is 0 Å². The fourth-order valence-electron chi connectivity index (χ4n) is 2.51. The Hall–Kier alpha value is -1.10. The second kappa shape index (κ2) is 5.69. The molecule has 1 fully saturated rings. The summed E-state index contributed by atoms with van der Waals surface area (Å²) in [5.74, 6) is -1.21. The normalized spacial score (nSPS) is 25.1. The van der Waals surface area contributed by atoms with Gasteiger partial charge in [-0.1, -0.05) is 18.9 Å². The number of halogens is 3. The fraction of sp³-hybridized carbons (Fsp3) is 0.615. The highest BCUT2D eigenvalue weighted by Gasteiger charge is 2.45. The van der Waals surface area contributed by atoms with Crippen LogP contribution in [0.15, 0.2) is 24.4 Å². The van der Waals surface area contributed by atoms with Crippen LogP contribution in [-0.4, -0.2) is 17.2 Å². The van der Waals surface area contributed by atoms with E-state index in [-0.39, 0.29) is 6.42 Å². The van der Waals surface area contributed by atoms with Crippen molar-refractivity contribution in [3.05, 3.63) is 30.1 Å². The van der Waals surface area contributed by atoms with Crippen molar-refractivity contribution in [2.45, 2.75) is 44.4 Å². The first-order valence-electron chi connectivity index (χ1n) is 6.27. The second-order valence-electron chi connectivity index (χ2n) is 4.74. The van der Waals surface area contributed by atoms with Crippen LogP contribution in [0.4, 0.5) is 13.2 Å². The minimum atomic E-state index is -4.10. The van der Waals surface area contributed by atoms with Crippen molar-refractivity contribution >= 4 is 0 Å². The maximum Gasteiger partial charge on any atom is 0.393 e. The van der Waals surface area contributed by atoms with E-state index in [0.29, 0.717) is 19.4 Å². The smallest absolute Gasteiger partial charge is 0.308 e. The van der Waals surface area contributed by atoms with E-state index in [1.165, 1.54) is 0 Å². The van der Waals surface area contributed by atoms with Crippen molar-refractivity contribution in [2.24, 2.45) is 5.92 Å². The molecule has 100 valence electrons. The zero-order valence-corrected chi connectivity index (χ0v) is 10.1. The number of hydrogen-bond donors (Lipinski definition) is 1. The van der Waals surface area contributed by atoms with E-state index in [1.807, 2.05) is 12.1 Å². The molecular weight excluding hydrogens is 241 g/mol. The minimum Gasteiger partial charge on any atom is -0.308 e. The van der Waals surface area contributed by atoms with E-state index < -0.39 is 18.1 Å². The van der Waals surface area contributed by atoms with Gasteiger partial charge in [0.1, 0.15) is 0 Å². The van der Waals surface area contributed by atoms with Gasteiger partial charge in [-0.25, -0.2) is 0 Å². The molecule has 0 aromatic carbocycles. The van der Waals surface area contributed by atoms with Gasteiger partial charge in [0, 0.05) is 18.8 Å². The largest absolute Gasteiger partial charge is 0.393 e. The van der Waals surface area contributed by atoms with Gasteiger partial charge in [0.25, 0.3) is 0 Å². The van der Waals surface area contributed by atoms with Gasteiger partial charge in [-0.3, -0.25) is 4.98 Å². The predicted molar refractivity (Wildman–Crippen MR) is 62.9 cm³/mol. The number of hydrogen-bond acceptors (Lipinski definition) is 2. The first-order valence-corrected chi connectivity index (χ1v) is 6.27. The highest BCUT2D eigenvalue weighted by Crippen LogP contribution is 2.37. The third kappa shape index (κ3) is 3.45. The predicted octanol–water partition coefficient (Wildman–Crippen LogP) is 3.29. The lowest BCUT2D eigenvalue weighted by Crippen LogP contribution is -2.45. The summed E-state index contributed by atoms with van der Waals surface area (Å²) in [6.45, 7) is 0.401. The Kier molecular flexibility index (Phi) is 4.22. The van der Waals surface area contributed by atoms with Crippen molar-refractivity contribution in [1.82, 2.24) is 10.3 Å². The molecular formula is C13H17F3N2. The maximum atomic E-state index is 12.9. The van der Waals surface area contributed by atoms with Crippen LogP contribution in [0.2, 0.25) is 0 Å². The monoisotopic (exact) mass is 258 g/mol. The molecule has 0 saturated heterocycles. The number of alkyl halides is 3. The van der Waals surface area contributed by atoms with Gasteiger partial charge < -0.3 is 5.32 Å². The lowest BCUT2D eigenvalue weighted by atomic mass is 9.84. The Bertz CT molecular complexity index is 364. The maximum absolute atomic E-state index is 12.9. The molecule has 1 aliphatic carbocycles. The number of nitrogens with zero attached hydrogens (tertiary/aromatic N) is 1. The second-order valence-corrected chi connectivity index (χ2v) is 4.74. The van der Waals surface area contributed by atoms with Gasteiger partial charge in [0.15, 0.2) is 0 Å². The highest BCUT2D eigenvalue weighted by molar-refractivity contribution is 5.03. The van der Waals surface area contributed by atoms with Gasteiger partial charge >= 0.3 is 6.18 Å². The van der Waals surface area contributed by atoms with Gasteiger partial charge in [-0.2, -0.15) is 13.2 Å². The molecule has 1 N–H and O–H groups in total. The first kappa shape index (κ1) is 13.3. The Labute approximate surface area is 105 Å². The molecule has 1 saturated carbocycles. The topological polar surface area (TPSA) is 24.9 Å². The lowest BCUT2D eigenvalue weighted by molar-refractivity contribution is -0.189. The van der Waals surface area contributed by atoms with Crippen LogP contribution in [0.1, 0.15) is 31.4 Å². The van der Waals surface area contributed by atoms with Crippen LogP contribution in [0.5, 0.6) is 0 Å². The standard InChI is InChI=1S/C13H17F3N2/c14-13(15,16)11-6-1-2-7-12(11)18-9-10-5-3-4-8-17-10/h3-5,8,11-12,18H,1-2,6-7,9H2. The first-order chi connectivity index (χ1) is 8.57. The Balaban J connectivity index is 1.94. The lowest BCUT2D eigenvalue weighted by Gasteiger charge is -2.33. The fourth-order valence-corrected chi connectivity index (χ4v) is 2.51. The van der Waals surface area contributed by atoms with E-state index in [9.17, 15) is 13.2 Å². The third-order valence-electron chi connectivity index (χ3n) is 3.46. The SMILES string of the molecule is FC(F)(F)C1CCCCC1NCc1ccccn1. The van der Waals surface area contributed by atoms with E-state index in [4.69, 9.17) is 0 Å². The van der Waals surface area contributed by atoms with Gasteiger partial charge in [0.2, 0.25) is 0 Å². The highest BCUT2D eigenvalue weighted by atomic mass is 19.4. The van der Waals surface area contributed by atoms with Crippen LogP contribution >= 0.6 is 0 Å². The van der Waals surface area contributed by atoms with Crippen molar-refractivity contribution < 1.29 is 13.2 Å². The van der Waals surface area contributed by atoms with Gasteiger partial charge in [0.05, 0.1) is 11.6 Å². The molecule has 2 nitrogen and oxygen atoms in total. The van der Waals surface area contributed by atoms with Crippen LogP contribution in [0.25, 0.3) is 0 Å². The molecule has 0 bridgehead atoms. The van der Waals surface area contributed by atoms with Crippen LogP contribution in [0.3, 0.4) is 0 Å². The van der Waals surface area contributed by atoms with E-state index >= 15 is 0 Å². The van der Waals surface area contributed by atoms with E-state index in [0.717, 1.165) is 12.1 Å². The molecule has 1 aromatic heterocycles. The summed E-state index contributed by atoms with van der Waals surface area (Å²) in [6, 6.07) is 4.98. The molecule has 0 spiro atoms. The minimum absolute atomic E-state index is 0.239. The molecule has 2 rings (SSSR count). The van der Waals surface area contributed by atoms with Gasteiger partial charge in [-0.15, -0.1) is 0 Å². The Morgan fingerprint density at radius 3 is 2.67 bits per heavy atom. The average Bonchev–Trinajstić information content (AvgIpc) is 2.37. The van der Waals surface area contributed by atoms with E-state index in [1.54, 1.807) is 12.3 Å². The van der Waals surface area contributed by atoms with E-state index in [2.05, 4.69) is 10.3 Å². The molecule has 0 amide bonds. The molecule has 1 aromatic rings. The summed E-state index contributed by atoms with van der Waals surface area (Å²) in [7, 11) is 0. The van der Waals surface area contributed by atoms with Crippen molar-refractivity contribution in [3.63, 3.8) is 0 Å². The summed E-state index contributed by atoms with van der Waals surface area (Å²) in [5, 5.41) is 3.01. The molecule has 18 heavy (non-hydrogen) atoms. The Morgan fingerprint density at radius 1 is 1.22 bits per heavy atom. The quantitative estimate of drug-likeness (QED) is 0.899. The third-order valence-corrected chi connectivity index (χ3v) is 3.46. The summed E-state index contributed by atoms with van der Waals surface area (Å²) >= 11 is 0. The molecule has 5 heteroatoms. The molecule has 1 aliphatic rings. The Morgan fingerprint density at radius 2 is 2.00 bits per heavy atom.